The normalized spacial score (nSPS) is 10.9. The Morgan fingerprint density at radius 2 is 2.00 bits per heavy atom. The summed E-state index contributed by atoms with van der Waals surface area (Å²) in [6.07, 6.45) is 1.29. The van der Waals surface area contributed by atoms with Crippen LogP contribution in [0.5, 0.6) is 11.5 Å². The maximum atomic E-state index is 12.2. The smallest absolute Gasteiger partial charge is 0.406 e. The molecule has 0 spiro atoms. The zero-order chi connectivity index (χ0) is 19.3. The minimum absolute atomic E-state index is 0.0666. The molecule has 0 bridgehead atoms. The fourth-order valence-electron chi connectivity index (χ4n) is 2.23. The van der Waals surface area contributed by atoms with Gasteiger partial charge in [0.15, 0.2) is 6.61 Å². The summed E-state index contributed by atoms with van der Waals surface area (Å²) in [6, 6.07) is 8.44. The highest BCUT2D eigenvalue weighted by molar-refractivity contribution is 5.93. The van der Waals surface area contributed by atoms with Crippen LogP contribution in [0.3, 0.4) is 0 Å². The summed E-state index contributed by atoms with van der Waals surface area (Å²) in [4.78, 5) is 26.1. The van der Waals surface area contributed by atoms with Crippen molar-refractivity contribution in [2.45, 2.75) is 26.2 Å². The number of pyridine rings is 1. The zero-order valence-corrected chi connectivity index (χ0v) is 15.1. The summed E-state index contributed by atoms with van der Waals surface area (Å²) >= 11 is 0. The molecule has 0 saturated heterocycles. The number of carbonyl (C=O) groups is 1. The molecule has 1 N–H and O–H groups in total. The number of nitro groups is 1. The van der Waals surface area contributed by atoms with Crippen LogP contribution in [0.15, 0.2) is 36.5 Å². The van der Waals surface area contributed by atoms with Gasteiger partial charge >= 0.3 is 5.82 Å². The van der Waals surface area contributed by atoms with E-state index in [1.807, 2.05) is 12.1 Å². The predicted octanol–water partition coefficient (Wildman–Crippen LogP) is 3.31. The van der Waals surface area contributed by atoms with Crippen molar-refractivity contribution in [3.8, 4) is 11.5 Å². The Morgan fingerprint density at radius 1 is 1.27 bits per heavy atom. The van der Waals surface area contributed by atoms with E-state index >= 15 is 0 Å². The molecule has 0 unspecified atom stereocenters. The number of carbonyl (C=O) groups excluding carboxylic acids is 1. The Hall–Kier alpha value is -3.16. The van der Waals surface area contributed by atoms with Gasteiger partial charge in [-0.05, 0) is 45.2 Å². The standard InChI is InChI=1S/C18H21N3O5/c1-18(2,3)12-7-8-14(25-4)13(10-12)20-16(22)11-26-15-6-5-9-19-17(15)21(23)24/h5-10H,11H2,1-4H3,(H,20,22). The first kappa shape index (κ1) is 19.2. The molecule has 0 atom stereocenters. The number of benzene rings is 1. The second kappa shape index (κ2) is 7.81. The fraction of sp³-hybridized carbons (Fsp3) is 0.333. The molecule has 8 nitrogen and oxygen atoms in total. The highest BCUT2D eigenvalue weighted by atomic mass is 16.6. The summed E-state index contributed by atoms with van der Waals surface area (Å²) in [6.45, 7) is 5.79. The van der Waals surface area contributed by atoms with Gasteiger partial charge in [-0.1, -0.05) is 26.8 Å². The van der Waals surface area contributed by atoms with Crippen molar-refractivity contribution in [2.75, 3.05) is 19.0 Å². The molecule has 1 aromatic carbocycles. The first-order valence-corrected chi connectivity index (χ1v) is 7.93. The number of rotatable bonds is 6. The molecule has 1 amide bonds. The van der Waals surface area contributed by atoms with Crippen LogP contribution < -0.4 is 14.8 Å². The van der Waals surface area contributed by atoms with Crippen molar-refractivity contribution in [3.05, 3.63) is 52.2 Å². The molecule has 0 fully saturated rings. The zero-order valence-electron chi connectivity index (χ0n) is 15.1. The molecule has 1 aromatic heterocycles. The van der Waals surface area contributed by atoms with Crippen LogP contribution in [0.25, 0.3) is 0 Å². The molecule has 2 aromatic rings. The lowest BCUT2D eigenvalue weighted by molar-refractivity contribution is -0.390. The second-order valence-electron chi connectivity index (χ2n) is 6.58. The Balaban J connectivity index is 2.12. The summed E-state index contributed by atoms with van der Waals surface area (Å²) in [5.41, 5.74) is 1.44. The quantitative estimate of drug-likeness (QED) is 0.627. The van der Waals surface area contributed by atoms with Crippen LogP contribution in [-0.4, -0.2) is 29.5 Å². The van der Waals surface area contributed by atoms with Crippen molar-refractivity contribution in [1.82, 2.24) is 4.98 Å². The average molecular weight is 359 g/mol. The second-order valence-corrected chi connectivity index (χ2v) is 6.58. The monoisotopic (exact) mass is 359 g/mol. The number of amides is 1. The molecule has 1 heterocycles. The first-order valence-electron chi connectivity index (χ1n) is 7.93. The number of anilines is 1. The summed E-state index contributed by atoms with van der Waals surface area (Å²) in [7, 11) is 1.51. The minimum atomic E-state index is -0.664. The van der Waals surface area contributed by atoms with Crippen LogP contribution in [0.2, 0.25) is 0 Å². The number of hydrogen-bond acceptors (Lipinski definition) is 6. The maximum Gasteiger partial charge on any atom is 0.406 e. The number of methoxy groups -OCH3 is 1. The Kier molecular flexibility index (Phi) is 5.76. The summed E-state index contributed by atoms with van der Waals surface area (Å²) in [5, 5.41) is 13.6. The van der Waals surface area contributed by atoms with Gasteiger partial charge in [-0.3, -0.25) is 4.79 Å². The van der Waals surface area contributed by atoms with E-state index in [2.05, 4.69) is 31.1 Å². The van der Waals surface area contributed by atoms with Crippen LogP contribution in [0.1, 0.15) is 26.3 Å². The maximum absolute atomic E-state index is 12.2. The largest absolute Gasteiger partial charge is 0.495 e. The minimum Gasteiger partial charge on any atom is -0.495 e. The van der Waals surface area contributed by atoms with Crippen LogP contribution >= 0.6 is 0 Å². The van der Waals surface area contributed by atoms with Crippen LogP contribution in [-0.2, 0) is 10.2 Å². The Morgan fingerprint density at radius 3 is 2.62 bits per heavy atom. The molecule has 8 heteroatoms. The molecule has 26 heavy (non-hydrogen) atoms. The number of nitrogens with zero attached hydrogens (tertiary/aromatic N) is 2. The third-order valence-electron chi connectivity index (χ3n) is 3.62. The highest BCUT2D eigenvalue weighted by Gasteiger charge is 2.19. The van der Waals surface area contributed by atoms with Gasteiger partial charge in [-0.2, -0.15) is 0 Å². The lowest BCUT2D eigenvalue weighted by Crippen LogP contribution is -2.21. The fourth-order valence-corrected chi connectivity index (χ4v) is 2.23. The van der Waals surface area contributed by atoms with E-state index in [0.717, 1.165) is 5.56 Å². The van der Waals surface area contributed by atoms with E-state index < -0.39 is 23.3 Å². The third kappa shape index (κ3) is 4.69. The third-order valence-corrected chi connectivity index (χ3v) is 3.62. The predicted molar refractivity (Wildman–Crippen MR) is 96.7 cm³/mol. The van der Waals surface area contributed by atoms with Gasteiger partial charge in [0.25, 0.3) is 5.91 Å². The summed E-state index contributed by atoms with van der Waals surface area (Å²) < 4.78 is 10.5. The van der Waals surface area contributed by atoms with Gasteiger partial charge in [-0.25, -0.2) is 0 Å². The molecule has 0 aliphatic rings. The van der Waals surface area contributed by atoms with E-state index in [4.69, 9.17) is 9.47 Å². The van der Waals surface area contributed by atoms with Crippen molar-refractivity contribution < 1.29 is 19.2 Å². The highest BCUT2D eigenvalue weighted by Crippen LogP contribution is 2.31. The average Bonchev–Trinajstić information content (AvgIpc) is 2.59. The van der Waals surface area contributed by atoms with E-state index in [9.17, 15) is 14.9 Å². The van der Waals surface area contributed by atoms with Crippen molar-refractivity contribution >= 4 is 17.4 Å². The molecular weight excluding hydrogens is 338 g/mol. The van der Waals surface area contributed by atoms with Gasteiger partial charge in [0.1, 0.15) is 11.9 Å². The van der Waals surface area contributed by atoms with Crippen molar-refractivity contribution in [1.29, 1.82) is 0 Å². The van der Waals surface area contributed by atoms with Crippen LogP contribution in [0.4, 0.5) is 11.5 Å². The number of hydrogen-bond donors (Lipinski definition) is 1. The van der Waals surface area contributed by atoms with Gasteiger partial charge in [-0.15, -0.1) is 0 Å². The molecule has 0 aliphatic carbocycles. The molecule has 2 rings (SSSR count). The van der Waals surface area contributed by atoms with Crippen molar-refractivity contribution in [2.24, 2.45) is 0 Å². The Bertz CT molecular complexity index is 815. The lowest BCUT2D eigenvalue weighted by Gasteiger charge is -2.21. The van der Waals surface area contributed by atoms with E-state index in [0.29, 0.717) is 11.4 Å². The van der Waals surface area contributed by atoms with E-state index in [1.165, 1.54) is 25.4 Å². The van der Waals surface area contributed by atoms with E-state index in [-0.39, 0.29) is 11.2 Å². The molecule has 0 saturated carbocycles. The number of nitrogens with one attached hydrogen (secondary N) is 1. The van der Waals surface area contributed by atoms with Crippen molar-refractivity contribution in [3.63, 3.8) is 0 Å². The van der Waals surface area contributed by atoms with Gasteiger partial charge in [0.2, 0.25) is 5.75 Å². The van der Waals surface area contributed by atoms with Gasteiger partial charge < -0.3 is 24.9 Å². The van der Waals surface area contributed by atoms with E-state index in [1.54, 1.807) is 6.07 Å². The first-order chi connectivity index (χ1) is 12.2. The topological polar surface area (TPSA) is 104 Å². The lowest BCUT2D eigenvalue weighted by atomic mass is 9.87. The van der Waals surface area contributed by atoms with Crippen LogP contribution in [0, 0.1) is 10.1 Å². The summed E-state index contributed by atoms with van der Waals surface area (Å²) in [5.74, 6) is -0.457. The molecule has 0 radical (unpaired) electrons. The van der Waals surface area contributed by atoms with Gasteiger partial charge in [0.05, 0.1) is 12.8 Å². The molecule has 0 aliphatic heterocycles. The van der Waals surface area contributed by atoms with Gasteiger partial charge in [0, 0.05) is 0 Å². The molecule has 138 valence electrons. The molecular formula is C18H21N3O5. The SMILES string of the molecule is COc1ccc(C(C)(C)C)cc1NC(=O)COc1cccnc1[N+](=O)[O-]. The number of ether oxygens (including phenoxy) is 2. The number of aromatic nitrogens is 1. The Labute approximate surface area is 151 Å².